The van der Waals surface area contributed by atoms with Crippen molar-refractivity contribution in [1.82, 2.24) is 14.7 Å². The van der Waals surface area contributed by atoms with Crippen LogP contribution in [0.4, 0.5) is 0 Å². The molecule has 1 N–H and O–H groups in total. The van der Waals surface area contributed by atoms with Gasteiger partial charge in [-0.2, -0.15) is 5.10 Å². The van der Waals surface area contributed by atoms with Gasteiger partial charge in [-0.15, -0.1) is 0 Å². The fourth-order valence-corrected chi connectivity index (χ4v) is 1.94. The second-order valence-electron chi connectivity index (χ2n) is 4.27. The highest BCUT2D eigenvalue weighted by atomic mass is 16.5. The van der Waals surface area contributed by atoms with Gasteiger partial charge in [0.15, 0.2) is 6.10 Å². The lowest BCUT2D eigenvalue weighted by Gasteiger charge is -2.30. The van der Waals surface area contributed by atoms with Crippen LogP contribution in [-0.4, -0.2) is 58.1 Å². The Morgan fingerprint density at radius 1 is 1.71 bits per heavy atom. The first-order chi connectivity index (χ1) is 8.15. The largest absolute Gasteiger partial charge is 0.479 e. The van der Waals surface area contributed by atoms with Crippen molar-refractivity contribution >= 4 is 5.97 Å². The molecule has 0 saturated carbocycles. The Kier molecular flexibility index (Phi) is 3.75. The molecule has 0 bridgehead atoms. The van der Waals surface area contributed by atoms with Crippen molar-refractivity contribution in [2.45, 2.75) is 12.5 Å². The van der Waals surface area contributed by atoms with Gasteiger partial charge in [0.2, 0.25) is 0 Å². The standard InChI is InChI=1S/C11H17N3O3/c1-13-7-9(6-12-13)2-3-14-4-5-17-10(8-14)11(15)16/h6-7,10H,2-5,8H2,1H3,(H,15,16). The molecule has 1 atom stereocenters. The molecule has 0 aliphatic carbocycles. The molecule has 1 aromatic heterocycles. The maximum absolute atomic E-state index is 10.8. The van der Waals surface area contributed by atoms with Crippen LogP contribution in [0.15, 0.2) is 12.4 Å². The molecular weight excluding hydrogens is 222 g/mol. The van der Waals surface area contributed by atoms with Crippen LogP contribution in [0.5, 0.6) is 0 Å². The Labute approximate surface area is 99.8 Å². The minimum atomic E-state index is -0.879. The zero-order valence-electron chi connectivity index (χ0n) is 9.87. The van der Waals surface area contributed by atoms with Crippen LogP contribution in [0, 0.1) is 0 Å². The van der Waals surface area contributed by atoms with Gasteiger partial charge in [-0.1, -0.05) is 0 Å². The number of carboxylic acid groups (broad SMARTS) is 1. The maximum atomic E-state index is 10.8. The van der Waals surface area contributed by atoms with E-state index in [9.17, 15) is 4.79 Å². The fraction of sp³-hybridized carbons (Fsp3) is 0.636. The molecule has 1 unspecified atom stereocenters. The van der Waals surface area contributed by atoms with Gasteiger partial charge < -0.3 is 9.84 Å². The Balaban J connectivity index is 1.81. The van der Waals surface area contributed by atoms with E-state index in [-0.39, 0.29) is 0 Å². The number of aromatic nitrogens is 2. The minimum absolute atomic E-state index is 0.468. The van der Waals surface area contributed by atoms with E-state index in [2.05, 4.69) is 10.00 Å². The van der Waals surface area contributed by atoms with Crippen molar-refractivity contribution in [2.24, 2.45) is 7.05 Å². The van der Waals surface area contributed by atoms with Gasteiger partial charge in [0.25, 0.3) is 0 Å². The van der Waals surface area contributed by atoms with E-state index >= 15 is 0 Å². The van der Waals surface area contributed by atoms with Crippen LogP contribution in [0.2, 0.25) is 0 Å². The number of carbonyl (C=O) groups is 1. The molecular formula is C11H17N3O3. The number of hydrogen-bond acceptors (Lipinski definition) is 4. The van der Waals surface area contributed by atoms with Crippen LogP contribution < -0.4 is 0 Å². The first-order valence-electron chi connectivity index (χ1n) is 5.69. The Morgan fingerprint density at radius 3 is 3.18 bits per heavy atom. The average Bonchev–Trinajstić information content (AvgIpc) is 2.73. The predicted molar refractivity (Wildman–Crippen MR) is 60.7 cm³/mol. The lowest BCUT2D eigenvalue weighted by atomic mass is 10.2. The number of aliphatic carboxylic acids is 1. The summed E-state index contributed by atoms with van der Waals surface area (Å²) in [5, 5.41) is 13.0. The molecule has 0 aromatic carbocycles. The number of ether oxygens (including phenoxy) is 1. The highest BCUT2D eigenvalue weighted by Gasteiger charge is 2.25. The third-order valence-corrected chi connectivity index (χ3v) is 2.90. The summed E-state index contributed by atoms with van der Waals surface area (Å²) in [6.45, 7) is 2.60. The summed E-state index contributed by atoms with van der Waals surface area (Å²) in [6, 6.07) is 0. The number of morpholine rings is 1. The predicted octanol–water partition coefficient (Wildman–Crippen LogP) is -0.252. The third-order valence-electron chi connectivity index (χ3n) is 2.90. The average molecular weight is 239 g/mol. The fourth-order valence-electron chi connectivity index (χ4n) is 1.94. The topological polar surface area (TPSA) is 67.6 Å². The lowest BCUT2D eigenvalue weighted by molar-refractivity contribution is -0.155. The smallest absolute Gasteiger partial charge is 0.334 e. The molecule has 1 aliphatic heterocycles. The molecule has 94 valence electrons. The van der Waals surface area contributed by atoms with Gasteiger partial charge >= 0.3 is 5.97 Å². The Bertz CT molecular complexity index is 391. The second kappa shape index (κ2) is 5.29. The van der Waals surface area contributed by atoms with Crippen molar-refractivity contribution in [1.29, 1.82) is 0 Å². The van der Waals surface area contributed by atoms with E-state index in [0.717, 1.165) is 19.5 Å². The minimum Gasteiger partial charge on any atom is -0.479 e. The van der Waals surface area contributed by atoms with Crippen LogP contribution in [0.3, 0.4) is 0 Å². The van der Waals surface area contributed by atoms with E-state index in [1.807, 2.05) is 19.4 Å². The van der Waals surface area contributed by atoms with E-state index in [4.69, 9.17) is 9.84 Å². The van der Waals surface area contributed by atoms with Crippen LogP contribution in [-0.2, 0) is 23.0 Å². The van der Waals surface area contributed by atoms with Gasteiger partial charge in [0, 0.05) is 32.9 Å². The number of carboxylic acids is 1. The monoisotopic (exact) mass is 239 g/mol. The first-order valence-corrected chi connectivity index (χ1v) is 5.69. The van der Waals surface area contributed by atoms with Crippen molar-refractivity contribution < 1.29 is 14.6 Å². The van der Waals surface area contributed by atoms with E-state index in [0.29, 0.717) is 13.2 Å². The summed E-state index contributed by atoms with van der Waals surface area (Å²) >= 11 is 0. The summed E-state index contributed by atoms with van der Waals surface area (Å²) in [5.41, 5.74) is 1.17. The zero-order valence-corrected chi connectivity index (χ0v) is 9.87. The molecule has 1 aliphatic rings. The molecule has 1 aromatic rings. The van der Waals surface area contributed by atoms with Crippen molar-refractivity contribution in [3.05, 3.63) is 18.0 Å². The van der Waals surface area contributed by atoms with Gasteiger partial charge in [-0.05, 0) is 12.0 Å². The Morgan fingerprint density at radius 2 is 2.53 bits per heavy atom. The molecule has 1 saturated heterocycles. The van der Waals surface area contributed by atoms with Crippen LogP contribution >= 0.6 is 0 Å². The molecule has 2 rings (SSSR count). The molecule has 17 heavy (non-hydrogen) atoms. The molecule has 2 heterocycles. The summed E-state index contributed by atoms with van der Waals surface area (Å²) < 4.78 is 6.94. The quantitative estimate of drug-likeness (QED) is 0.784. The van der Waals surface area contributed by atoms with Crippen LogP contribution in [0.1, 0.15) is 5.56 Å². The molecule has 0 amide bonds. The summed E-state index contributed by atoms with van der Waals surface area (Å²) in [7, 11) is 1.89. The molecule has 6 heteroatoms. The summed E-state index contributed by atoms with van der Waals surface area (Å²) in [4.78, 5) is 12.9. The highest BCUT2D eigenvalue weighted by molar-refractivity contribution is 5.72. The number of rotatable bonds is 4. The van der Waals surface area contributed by atoms with Crippen molar-refractivity contribution in [3.63, 3.8) is 0 Å². The number of nitrogens with zero attached hydrogens (tertiary/aromatic N) is 3. The van der Waals surface area contributed by atoms with Gasteiger partial charge in [-0.3, -0.25) is 9.58 Å². The maximum Gasteiger partial charge on any atom is 0.334 e. The second-order valence-corrected chi connectivity index (χ2v) is 4.27. The zero-order chi connectivity index (χ0) is 12.3. The molecule has 6 nitrogen and oxygen atoms in total. The van der Waals surface area contributed by atoms with Crippen molar-refractivity contribution in [3.8, 4) is 0 Å². The van der Waals surface area contributed by atoms with E-state index in [1.165, 1.54) is 5.56 Å². The van der Waals surface area contributed by atoms with Gasteiger partial charge in [0.05, 0.1) is 12.8 Å². The normalized spacial score (nSPS) is 21.6. The van der Waals surface area contributed by atoms with Crippen LogP contribution in [0.25, 0.3) is 0 Å². The van der Waals surface area contributed by atoms with Crippen molar-refractivity contribution in [2.75, 3.05) is 26.2 Å². The number of hydrogen-bond donors (Lipinski definition) is 1. The van der Waals surface area contributed by atoms with Gasteiger partial charge in [-0.25, -0.2) is 4.79 Å². The highest BCUT2D eigenvalue weighted by Crippen LogP contribution is 2.07. The summed E-state index contributed by atoms with van der Waals surface area (Å²) in [6.07, 6.45) is 4.03. The van der Waals surface area contributed by atoms with E-state index < -0.39 is 12.1 Å². The number of aryl methyl sites for hydroxylation is 1. The molecule has 0 spiro atoms. The SMILES string of the molecule is Cn1cc(CCN2CCOC(C(=O)O)C2)cn1. The lowest BCUT2D eigenvalue weighted by Crippen LogP contribution is -2.46. The van der Waals surface area contributed by atoms with E-state index in [1.54, 1.807) is 4.68 Å². The third kappa shape index (κ3) is 3.28. The summed E-state index contributed by atoms with van der Waals surface area (Å²) in [5.74, 6) is -0.879. The van der Waals surface area contributed by atoms with Gasteiger partial charge in [0.1, 0.15) is 0 Å². The molecule has 0 radical (unpaired) electrons. The Hall–Kier alpha value is -1.40. The first kappa shape index (κ1) is 12.1. The molecule has 1 fully saturated rings.